The van der Waals surface area contributed by atoms with Gasteiger partial charge in [0.2, 0.25) is 5.91 Å². The van der Waals surface area contributed by atoms with Gasteiger partial charge in [0.05, 0.1) is 12.2 Å². The zero-order chi connectivity index (χ0) is 17.1. The van der Waals surface area contributed by atoms with E-state index in [0.717, 1.165) is 11.3 Å². The molecule has 3 rings (SSSR count). The second kappa shape index (κ2) is 6.74. The Hall–Kier alpha value is -2.82. The van der Waals surface area contributed by atoms with Crippen LogP contribution in [0.2, 0.25) is 0 Å². The number of fused-ring (bicyclic) bond motifs is 1. The molecule has 2 aromatic rings. The highest BCUT2D eigenvalue weighted by Crippen LogP contribution is 2.29. The Labute approximate surface area is 141 Å². The summed E-state index contributed by atoms with van der Waals surface area (Å²) in [4.78, 5) is 25.9. The molecule has 0 aromatic heterocycles. The lowest BCUT2D eigenvalue weighted by Gasteiger charge is -2.26. The van der Waals surface area contributed by atoms with Gasteiger partial charge in [0.25, 0.3) is 5.91 Å². The Morgan fingerprint density at radius 2 is 2.00 bits per heavy atom. The third-order valence-corrected chi connectivity index (χ3v) is 4.11. The molecule has 1 heterocycles. The van der Waals surface area contributed by atoms with Gasteiger partial charge in [-0.05, 0) is 49.2 Å². The quantitative estimate of drug-likeness (QED) is 0.939. The molecule has 124 valence electrons. The first kappa shape index (κ1) is 16.1. The summed E-state index contributed by atoms with van der Waals surface area (Å²) in [5.41, 5.74) is 3.18. The van der Waals surface area contributed by atoms with Crippen LogP contribution in [0.15, 0.2) is 42.5 Å². The predicted molar refractivity (Wildman–Crippen MR) is 93.7 cm³/mol. The predicted octanol–water partition coefficient (Wildman–Crippen LogP) is 3.25. The molecule has 24 heavy (non-hydrogen) atoms. The van der Waals surface area contributed by atoms with Crippen LogP contribution >= 0.6 is 0 Å². The first-order valence-corrected chi connectivity index (χ1v) is 8.03. The normalized spacial score (nSPS) is 13.4. The molecule has 0 saturated carbocycles. The highest BCUT2D eigenvalue weighted by atomic mass is 16.5. The van der Waals surface area contributed by atoms with Crippen LogP contribution < -0.4 is 15.0 Å². The molecule has 0 atom stereocenters. The van der Waals surface area contributed by atoms with E-state index in [1.165, 1.54) is 0 Å². The maximum absolute atomic E-state index is 12.5. The number of carbonyl (C=O) groups excluding carboxylic acids is 2. The third kappa shape index (κ3) is 3.11. The van der Waals surface area contributed by atoms with Crippen LogP contribution in [0.1, 0.15) is 29.3 Å². The number of aryl methyl sites for hydroxylation is 1. The van der Waals surface area contributed by atoms with Crippen molar-refractivity contribution in [2.24, 2.45) is 0 Å². The van der Waals surface area contributed by atoms with E-state index in [1.807, 2.05) is 37.3 Å². The number of amides is 2. The van der Waals surface area contributed by atoms with Crippen molar-refractivity contribution in [3.63, 3.8) is 0 Å². The fourth-order valence-electron chi connectivity index (χ4n) is 2.87. The van der Waals surface area contributed by atoms with Crippen molar-refractivity contribution in [1.82, 2.24) is 0 Å². The van der Waals surface area contributed by atoms with E-state index in [1.54, 1.807) is 24.1 Å². The number of rotatable bonds is 4. The number of benzene rings is 2. The van der Waals surface area contributed by atoms with Crippen molar-refractivity contribution in [3.05, 3.63) is 53.6 Å². The fourth-order valence-corrected chi connectivity index (χ4v) is 2.87. The molecule has 2 aromatic carbocycles. The van der Waals surface area contributed by atoms with E-state index in [-0.39, 0.29) is 11.8 Å². The van der Waals surface area contributed by atoms with Crippen LogP contribution in [-0.2, 0) is 11.2 Å². The Balaban J connectivity index is 1.82. The number of carbonyl (C=O) groups is 2. The van der Waals surface area contributed by atoms with Gasteiger partial charge in [0.1, 0.15) is 5.75 Å². The van der Waals surface area contributed by atoms with Crippen LogP contribution in [0.4, 0.5) is 11.4 Å². The van der Waals surface area contributed by atoms with Crippen molar-refractivity contribution < 1.29 is 14.3 Å². The highest BCUT2D eigenvalue weighted by molar-refractivity contribution is 6.06. The fraction of sp³-hybridized carbons (Fsp3) is 0.263. The molecule has 1 N–H and O–H groups in total. The molecule has 1 aliphatic rings. The molecular formula is C19H20N2O3. The average molecular weight is 324 g/mol. The minimum atomic E-state index is -0.209. The van der Waals surface area contributed by atoms with Gasteiger partial charge in [-0.3, -0.25) is 9.59 Å². The highest BCUT2D eigenvalue weighted by Gasteiger charge is 2.21. The molecule has 2 amide bonds. The summed E-state index contributed by atoms with van der Waals surface area (Å²) in [6.07, 6.45) is 1.19. The SMILES string of the molecule is CCOc1ccccc1C(=O)Nc1ccc2c(c1)CCC(=O)N2C. The molecule has 0 spiro atoms. The van der Waals surface area contributed by atoms with Gasteiger partial charge < -0.3 is 15.0 Å². The van der Waals surface area contributed by atoms with Crippen molar-refractivity contribution >= 4 is 23.2 Å². The van der Waals surface area contributed by atoms with Crippen LogP contribution in [0.5, 0.6) is 5.75 Å². The summed E-state index contributed by atoms with van der Waals surface area (Å²) in [6, 6.07) is 12.8. The number of para-hydroxylation sites is 1. The lowest BCUT2D eigenvalue weighted by molar-refractivity contribution is -0.118. The second-order valence-corrected chi connectivity index (χ2v) is 5.68. The Kier molecular flexibility index (Phi) is 4.51. The van der Waals surface area contributed by atoms with E-state index in [9.17, 15) is 9.59 Å². The number of nitrogens with one attached hydrogen (secondary N) is 1. The van der Waals surface area contributed by atoms with Gasteiger partial charge in [-0.1, -0.05) is 12.1 Å². The maximum Gasteiger partial charge on any atom is 0.259 e. The van der Waals surface area contributed by atoms with E-state index < -0.39 is 0 Å². The van der Waals surface area contributed by atoms with Crippen molar-refractivity contribution in [2.45, 2.75) is 19.8 Å². The second-order valence-electron chi connectivity index (χ2n) is 5.68. The largest absolute Gasteiger partial charge is 0.493 e. The van der Waals surface area contributed by atoms with Crippen molar-refractivity contribution in [2.75, 3.05) is 23.9 Å². The molecule has 0 bridgehead atoms. The average Bonchev–Trinajstić information content (AvgIpc) is 2.59. The van der Waals surface area contributed by atoms with Gasteiger partial charge in [0, 0.05) is 24.8 Å². The van der Waals surface area contributed by atoms with E-state index in [0.29, 0.717) is 36.4 Å². The zero-order valence-corrected chi connectivity index (χ0v) is 13.8. The standard InChI is InChI=1S/C19H20N2O3/c1-3-24-17-7-5-4-6-15(17)19(23)20-14-9-10-16-13(12-14)8-11-18(22)21(16)2/h4-7,9-10,12H,3,8,11H2,1-2H3,(H,20,23). The van der Waals surface area contributed by atoms with Crippen molar-refractivity contribution in [1.29, 1.82) is 0 Å². The van der Waals surface area contributed by atoms with Crippen LogP contribution in [0.3, 0.4) is 0 Å². The Morgan fingerprint density at radius 1 is 1.21 bits per heavy atom. The molecule has 5 nitrogen and oxygen atoms in total. The zero-order valence-electron chi connectivity index (χ0n) is 13.8. The summed E-state index contributed by atoms with van der Waals surface area (Å²) in [6.45, 7) is 2.39. The summed E-state index contributed by atoms with van der Waals surface area (Å²) >= 11 is 0. The van der Waals surface area contributed by atoms with Gasteiger partial charge in [-0.25, -0.2) is 0 Å². The van der Waals surface area contributed by atoms with E-state index in [4.69, 9.17) is 4.74 Å². The number of hydrogen-bond acceptors (Lipinski definition) is 3. The molecule has 0 unspecified atom stereocenters. The van der Waals surface area contributed by atoms with Crippen molar-refractivity contribution in [3.8, 4) is 5.75 Å². The maximum atomic E-state index is 12.5. The molecule has 1 aliphatic heterocycles. The lowest BCUT2D eigenvalue weighted by atomic mass is 10.0. The topological polar surface area (TPSA) is 58.6 Å². The summed E-state index contributed by atoms with van der Waals surface area (Å²) in [7, 11) is 1.77. The van der Waals surface area contributed by atoms with E-state index >= 15 is 0 Å². The first-order valence-electron chi connectivity index (χ1n) is 8.03. The Bertz CT molecular complexity index is 786. The van der Waals surface area contributed by atoms with Gasteiger partial charge in [-0.15, -0.1) is 0 Å². The molecule has 0 radical (unpaired) electrons. The smallest absolute Gasteiger partial charge is 0.259 e. The first-order chi connectivity index (χ1) is 11.6. The summed E-state index contributed by atoms with van der Waals surface area (Å²) in [5.74, 6) is 0.477. The van der Waals surface area contributed by atoms with Crippen LogP contribution in [0.25, 0.3) is 0 Å². The molecule has 5 heteroatoms. The van der Waals surface area contributed by atoms with Gasteiger partial charge in [-0.2, -0.15) is 0 Å². The monoisotopic (exact) mass is 324 g/mol. The summed E-state index contributed by atoms with van der Waals surface area (Å²) < 4.78 is 5.51. The van der Waals surface area contributed by atoms with Gasteiger partial charge in [0.15, 0.2) is 0 Å². The minimum Gasteiger partial charge on any atom is -0.493 e. The number of nitrogens with zero attached hydrogens (tertiary/aromatic N) is 1. The summed E-state index contributed by atoms with van der Waals surface area (Å²) in [5, 5.41) is 2.91. The Morgan fingerprint density at radius 3 is 2.79 bits per heavy atom. The van der Waals surface area contributed by atoms with E-state index in [2.05, 4.69) is 5.32 Å². The molecule has 0 fully saturated rings. The number of ether oxygens (including phenoxy) is 1. The lowest BCUT2D eigenvalue weighted by Crippen LogP contribution is -2.31. The third-order valence-electron chi connectivity index (χ3n) is 4.11. The van der Waals surface area contributed by atoms with Crippen LogP contribution in [-0.4, -0.2) is 25.5 Å². The van der Waals surface area contributed by atoms with Gasteiger partial charge >= 0.3 is 0 Å². The molecular weight excluding hydrogens is 304 g/mol. The number of hydrogen-bond donors (Lipinski definition) is 1. The minimum absolute atomic E-state index is 0.116. The molecule has 0 saturated heterocycles. The van der Waals surface area contributed by atoms with Crippen LogP contribution in [0, 0.1) is 0 Å². The number of anilines is 2. The molecule has 0 aliphatic carbocycles.